The highest BCUT2D eigenvalue weighted by Gasteiger charge is 2.16. The van der Waals surface area contributed by atoms with Crippen molar-refractivity contribution in [1.29, 1.82) is 0 Å². The number of amides is 1. The van der Waals surface area contributed by atoms with Gasteiger partial charge in [0.2, 0.25) is 5.91 Å². The molecule has 1 aromatic heterocycles. The maximum absolute atomic E-state index is 13.3. The lowest BCUT2D eigenvalue weighted by atomic mass is 10.2. The minimum absolute atomic E-state index is 0.0223. The number of benzene rings is 3. The van der Waals surface area contributed by atoms with Gasteiger partial charge in [-0.1, -0.05) is 64.8 Å². The van der Waals surface area contributed by atoms with Crippen LogP contribution in [-0.4, -0.2) is 21.2 Å². The van der Waals surface area contributed by atoms with Crippen molar-refractivity contribution in [3.05, 3.63) is 91.6 Å². The molecule has 162 valence electrons. The first-order chi connectivity index (χ1) is 15.3. The number of halogens is 3. The van der Waals surface area contributed by atoms with Gasteiger partial charge in [0.05, 0.1) is 22.3 Å². The second-order valence-electron chi connectivity index (χ2n) is 6.98. The number of nitrogens with zero attached hydrogens (tertiary/aromatic N) is 2. The van der Waals surface area contributed by atoms with Crippen LogP contribution in [0.3, 0.4) is 0 Å². The first-order valence-electron chi connectivity index (χ1n) is 9.49. The maximum atomic E-state index is 13.3. The van der Waals surface area contributed by atoms with E-state index in [1.165, 1.54) is 4.57 Å². The average Bonchev–Trinajstić information content (AvgIpc) is 2.74. The van der Waals surface area contributed by atoms with Crippen molar-refractivity contribution in [3.8, 4) is 5.69 Å². The van der Waals surface area contributed by atoms with Crippen LogP contribution in [0.1, 0.15) is 5.56 Å². The highest BCUT2D eigenvalue weighted by atomic mass is 35.5. The van der Waals surface area contributed by atoms with E-state index in [1.54, 1.807) is 48.5 Å². The van der Waals surface area contributed by atoms with E-state index in [4.69, 9.17) is 34.8 Å². The number of hydrogen-bond acceptors (Lipinski definition) is 4. The average molecular weight is 505 g/mol. The van der Waals surface area contributed by atoms with Crippen molar-refractivity contribution in [2.45, 2.75) is 12.1 Å². The molecule has 0 aliphatic carbocycles. The second-order valence-corrected chi connectivity index (χ2v) is 9.20. The molecule has 0 saturated heterocycles. The highest BCUT2D eigenvalue weighted by molar-refractivity contribution is 7.99. The quantitative estimate of drug-likeness (QED) is 0.253. The van der Waals surface area contributed by atoms with Crippen LogP contribution in [0.2, 0.25) is 15.1 Å². The molecule has 0 unspecified atom stereocenters. The molecule has 1 amide bonds. The van der Waals surface area contributed by atoms with Crippen molar-refractivity contribution in [2.75, 3.05) is 11.1 Å². The Morgan fingerprint density at radius 3 is 2.47 bits per heavy atom. The number of fused-ring (bicyclic) bond motifs is 1. The molecule has 1 N–H and O–H groups in total. The summed E-state index contributed by atoms with van der Waals surface area (Å²) in [6.07, 6.45) is 0. The fourth-order valence-corrected chi connectivity index (χ4v) is 4.62. The summed E-state index contributed by atoms with van der Waals surface area (Å²) in [6.45, 7) is 1.88. The Morgan fingerprint density at radius 1 is 1.03 bits per heavy atom. The zero-order valence-corrected chi connectivity index (χ0v) is 19.8. The molecule has 0 radical (unpaired) electrons. The summed E-state index contributed by atoms with van der Waals surface area (Å²) in [6, 6.07) is 17.2. The largest absolute Gasteiger partial charge is 0.325 e. The molecule has 0 fully saturated rings. The predicted octanol–water partition coefficient (Wildman–Crippen LogP) is 6.39. The van der Waals surface area contributed by atoms with Crippen LogP contribution in [0.5, 0.6) is 0 Å². The van der Waals surface area contributed by atoms with Crippen LogP contribution in [0.4, 0.5) is 5.69 Å². The molecule has 0 bridgehead atoms. The first-order valence-corrected chi connectivity index (χ1v) is 11.6. The smallest absolute Gasteiger partial charge is 0.266 e. The Kier molecular flexibility index (Phi) is 6.76. The zero-order valence-electron chi connectivity index (χ0n) is 16.7. The Morgan fingerprint density at radius 2 is 1.75 bits per heavy atom. The molecular formula is C23H16Cl3N3O2S. The van der Waals surface area contributed by atoms with E-state index in [0.29, 0.717) is 42.5 Å². The van der Waals surface area contributed by atoms with Crippen molar-refractivity contribution in [2.24, 2.45) is 0 Å². The lowest BCUT2D eigenvalue weighted by molar-refractivity contribution is -0.113. The minimum atomic E-state index is -0.288. The fraction of sp³-hybridized carbons (Fsp3) is 0.0870. The van der Waals surface area contributed by atoms with E-state index >= 15 is 0 Å². The molecule has 0 aliphatic rings. The summed E-state index contributed by atoms with van der Waals surface area (Å²) >= 11 is 19.4. The minimum Gasteiger partial charge on any atom is -0.325 e. The van der Waals surface area contributed by atoms with Crippen LogP contribution in [-0.2, 0) is 4.79 Å². The SMILES string of the molecule is Cc1ccc(-n2c(SCC(=O)Nc3cc(Cl)cc(Cl)c3)nc3ccccc3c2=O)cc1Cl. The Hall–Kier alpha value is -2.51. The van der Waals surface area contributed by atoms with E-state index in [0.717, 1.165) is 17.3 Å². The molecule has 32 heavy (non-hydrogen) atoms. The van der Waals surface area contributed by atoms with Crippen molar-refractivity contribution in [3.63, 3.8) is 0 Å². The lowest BCUT2D eigenvalue weighted by Gasteiger charge is -2.14. The van der Waals surface area contributed by atoms with Gasteiger partial charge in [-0.25, -0.2) is 4.98 Å². The number of carbonyl (C=O) groups is 1. The second kappa shape index (κ2) is 9.55. The van der Waals surface area contributed by atoms with Crippen molar-refractivity contribution < 1.29 is 4.79 Å². The standard InChI is InChI=1S/C23H16Cl3N3O2S/c1-13-6-7-17(11-19(13)26)29-22(31)18-4-2-3-5-20(18)28-23(29)32-12-21(30)27-16-9-14(24)8-15(25)10-16/h2-11H,12H2,1H3,(H,27,30). The molecule has 5 nitrogen and oxygen atoms in total. The summed E-state index contributed by atoms with van der Waals surface area (Å²) in [5.41, 5.74) is 2.28. The summed E-state index contributed by atoms with van der Waals surface area (Å²) in [7, 11) is 0. The van der Waals surface area contributed by atoms with Crippen LogP contribution in [0.15, 0.2) is 70.6 Å². The number of anilines is 1. The van der Waals surface area contributed by atoms with E-state index in [-0.39, 0.29) is 17.2 Å². The number of hydrogen-bond donors (Lipinski definition) is 1. The molecule has 0 saturated carbocycles. The molecule has 0 aliphatic heterocycles. The van der Waals surface area contributed by atoms with Gasteiger partial charge in [-0.2, -0.15) is 0 Å². The maximum Gasteiger partial charge on any atom is 0.266 e. The first kappa shape index (κ1) is 22.7. The van der Waals surface area contributed by atoms with Crippen LogP contribution < -0.4 is 10.9 Å². The van der Waals surface area contributed by atoms with Crippen LogP contribution >= 0.6 is 46.6 Å². The number of aromatic nitrogens is 2. The Balaban J connectivity index is 1.68. The third-order valence-corrected chi connectivity index (χ3v) is 6.42. The third-order valence-electron chi connectivity index (χ3n) is 4.64. The normalized spacial score (nSPS) is 11.0. The van der Waals surface area contributed by atoms with E-state index in [2.05, 4.69) is 10.3 Å². The van der Waals surface area contributed by atoms with Crippen molar-refractivity contribution in [1.82, 2.24) is 9.55 Å². The number of para-hydroxylation sites is 1. The molecule has 3 aromatic carbocycles. The molecule has 1 heterocycles. The van der Waals surface area contributed by atoms with E-state index in [9.17, 15) is 9.59 Å². The number of nitrogens with one attached hydrogen (secondary N) is 1. The number of carbonyl (C=O) groups excluding carboxylic acids is 1. The van der Waals surface area contributed by atoms with E-state index < -0.39 is 0 Å². The van der Waals surface area contributed by atoms with Gasteiger partial charge in [-0.3, -0.25) is 14.2 Å². The van der Waals surface area contributed by atoms with Gasteiger partial charge in [0.1, 0.15) is 0 Å². The molecule has 0 atom stereocenters. The van der Waals surface area contributed by atoms with Gasteiger partial charge in [0.15, 0.2) is 5.16 Å². The molecular weight excluding hydrogens is 489 g/mol. The molecule has 4 aromatic rings. The van der Waals surface area contributed by atoms with Gasteiger partial charge in [-0.05, 0) is 55.0 Å². The highest BCUT2D eigenvalue weighted by Crippen LogP contribution is 2.26. The van der Waals surface area contributed by atoms with E-state index in [1.807, 2.05) is 19.1 Å². The summed E-state index contributed by atoms with van der Waals surface area (Å²) in [4.78, 5) is 30.5. The van der Waals surface area contributed by atoms with Gasteiger partial charge in [0.25, 0.3) is 5.56 Å². The van der Waals surface area contributed by atoms with Gasteiger partial charge in [-0.15, -0.1) is 0 Å². The monoisotopic (exact) mass is 503 g/mol. The number of aryl methyl sites for hydroxylation is 1. The van der Waals surface area contributed by atoms with Gasteiger partial charge < -0.3 is 5.32 Å². The number of thioether (sulfide) groups is 1. The summed E-state index contributed by atoms with van der Waals surface area (Å²) in [5.74, 6) is -0.265. The van der Waals surface area contributed by atoms with Crippen molar-refractivity contribution >= 4 is 69.1 Å². The Labute approximate surface area is 203 Å². The van der Waals surface area contributed by atoms with Gasteiger partial charge >= 0.3 is 0 Å². The predicted molar refractivity (Wildman–Crippen MR) is 133 cm³/mol. The lowest BCUT2D eigenvalue weighted by Crippen LogP contribution is -2.23. The third kappa shape index (κ3) is 4.94. The Bertz CT molecular complexity index is 1390. The molecule has 9 heteroatoms. The topological polar surface area (TPSA) is 64.0 Å². The van der Waals surface area contributed by atoms with Gasteiger partial charge in [0, 0.05) is 20.8 Å². The molecule has 4 rings (SSSR count). The van der Waals surface area contributed by atoms with Crippen LogP contribution in [0, 0.1) is 6.92 Å². The fourth-order valence-electron chi connectivity index (χ4n) is 3.11. The molecule has 0 spiro atoms. The van der Waals surface area contributed by atoms with Crippen LogP contribution in [0.25, 0.3) is 16.6 Å². The zero-order chi connectivity index (χ0) is 22.8. The number of rotatable bonds is 5. The summed E-state index contributed by atoms with van der Waals surface area (Å²) in [5, 5.41) is 4.99. The summed E-state index contributed by atoms with van der Waals surface area (Å²) < 4.78 is 1.47.